The summed E-state index contributed by atoms with van der Waals surface area (Å²) in [6.07, 6.45) is 3.62. The van der Waals surface area contributed by atoms with E-state index in [0.717, 1.165) is 16.8 Å². The number of aromatic nitrogens is 1. The molecule has 0 saturated carbocycles. The molecule has 0 aliphatic carbocycles. The minimum Gasteiger partial charge on any atom is -0.482 e. The maximum atomic E-state index is 12.1. The number of carbonyl (C=O) groups is 2. The van der Waals surface area contributed by atoms with Gasteiger partial charge in [0.15, 0.2) is 6.61 Å². The Morgan fingerprint density at radius 2 is 2.08 bits per heavy atom. The van der Waals surface area contributed by atoms with Crippen LogP contribution in [0.3, 0.4) is 0 Å². The van der Waals surface area contributed by atoms with Crippen LogP contribution in [0, 0.1) is 6.92 Å². The molecule has 0 bridgehead atoms. The van der Waals surface area contributed by atoms with Crippen LogP contribution in [-0.2, 0) is 16.1 Å². The molecule has 0 spiro atoms. The number of anilines is 1. The first-order valence-electron chi connectivity index (χ1n) is 7.83. The van der Waals surface area contributed by atoms with E-state index in [2.05, 4.69) is 10.3 Å². The Morgan fingerprint density at radius 3 is 2.88 bits per heavy atom. The number of fused-ring (bicyclic) bond motifs is 1. The molecule has 2 aromatic rings. The van der Waals surface area contributed by atoms with Crippen LogP contribution in [0.4, 0.5) is 5.69 Å². The molecule has 24 heavy (non-hydrogen) atoms. The standard InChI is InChI=1S/C18H19N3O3/c1-13-2-3-16-15(10-13)21(18(23)12-24-16)9-6-17(22)20-11-14-4-7-19-8-5-14/h2-5,7-8,10H,6,9,11-12H2,1H3,(H,20,22). The zero-order valence-corrected chi connectivity index (χ0v) is 13.5. The molecule has 0 saturated heterocycles. The van der Waals surface area contributed by atoms with E-state index in [1.54, 1.807) is 17.3 Å². The Morgan fingerprint density at radius 1 is 1.29 bits per heavy atom. The zero-order chi connectivity index (χ0) is 16.9. The number of nitrogens with zero attached hydrogens (tertiary/aromatic N) is 2. The summed E-state index contributed by atoms with van der Waals surface area (Å²) in [5, 5.41) is 2.85. The molecule has 2 heterocycles. The Balaban J connectivity index is 1.59. The summed E-state index contributed by atoms with van der Waals surface area (Å²) in [6.45, 7) is 2.75. The fourth-order valence-electron chi connectivity index (χ4n) is 2.56. The second-order valence-corrected chi connectivity index (χ2v) is 5.69. The second kappa shape index (κ2) is 7.12. The van der Waals surface area contributed by atoms with Gasteiger partial charge < -0.3 is 15.0 Å². The molecule has 0 unspecified atom stereocenters. The maximum absolute atomic E-state index is 12.1. The lowest BCUT2D eigenvalue weighted by molar-refractivity contribution is -0.122. The highest BCUT2D eigenvalue weighted by atomic mass is 16.5. The van der Waals surface area contributed by atoms with Crippen LogP contribution in [0.1, 0.15) is 17.5 Å². The Bertz CT molecular complexity index is 746. The average Bonchev–Trinajstić information content (AvgIpc) is 2.60. The summed E-state index contributed by atoms with van der Waals surface area (Å²) < 4.78 is 5.44. The van der Waals surface area contributed by atoms with Crippen molar-refractivity contribution in [3.8, 4) is 5.75 Å². The third kappa shape index (κ3) is 3.71. The predicted octanol–water partition coefficient (Wildman–Crippen LogP) is 1.82. The SMILES string of the molecule is Cc1ccc2c(c1)N(CCC(=O)NCc1ccncc1)C(=O)CO2. The molecule has 0 atom stereocenters. The van der Waals surface area contributed by atoms with Crippen LogP contribution < -0.4 is 15.0 Å². The molecule has 3 rings (SSSR count). The molecule has 1 aliphatic heterocycles. The van der Waals surface area contributed by atoms with Crippen molar-refractivity contribution in [2.45, 2.75) is 19.9 Å². The smallest absolute Gasteiger partial charge is 0.265 e. The molecule has 124 valence electrons. The van der Waals surface area contributed by atoms with Gasteiger partial charge in [-0.3, -0.25) is 14.6 Å². The van der Waals surface area contributed by atoms with Crippen molar-refractivity contribution >= 4 is 17.5 Å². The van der Waals surface area contributed by atoms with Crippen molar-refractivity contribution in [3.63, 3.8) is 0 Å². The number of hydrogen-bond acceptors (Lipinski definition) is 4. The third-order valence-corrected chi connectivity index (χ3v) is 3.86. The molecule has 0 radical (unpaired) electrons. The van der Waals surface area contributed by atoms with Crippen molar-refractivity contribution in [1.29, 1.82) is 0 Å². The minimum atomic E-state index is -0.130. The van der Waals surface area contributed by atoms with Gasteiger partial charge in [0, 0.05) is 31.9 Å². The number of pyridine rings is 1. The molecular weight excluding hydrogens is 306 g/mol. The number of amides is 2. The van der Waals surface area contributed by atoms with Gasteiger partial charge in [-0.05, 0) is 42.3 Å². The number of rotatable bonds is 5. The highest BCUT2D eigenvalue weighted by Gasteiger charge is 2.25. The van der Waals surface area contributed by atoms with Crippen LogP contribution in [0.15, 0.2) is 42.7 Å². The highest BCUT2D eigenvalue weighted by Crippen LogP contribution is 2.32. The van der Waals surface area contributed by atoms with Crippen LogP contribution >= 0.6 is 0 Å². The van der Waals surface area contributed by atoms with E-state index >= 15 is 0 Å². The van der Waals surface area contributed by atoms with Gasteiger partial charge in [-0.2, -0.15) is 0 Å². The van der Waals surface area contributed by atoms with E-state index in [0.29, 0.717) is 18.8 Å². The lowest BCUT2D eigenvalue weighted by Crippen LogP contribution is -2.41. The van der Waals surface area contributed by atoms with Gasteiger partial charge in [-0.15, -0.1) is 0 Å². The molecule has 1 aromatic heterocycles. The fraction of sp³-hybridized carbons (Fsp3) is 0.278. The number of aryl methyl sites for hydroxylation is 1. The van der Waals surface area contributed by atoms with Crippen LogP contribution in [-0.4, -0.2) is 29.9 Å². The third-order valence-electron chi connectivity index (χ3n) is 3.86. The Kier molecular flexibility index (Phi) is 4.74. The Hall–Kier alpha value is -2.89. The lowest BCUT2D eigenvalue weighted by Gasteiger charge is -2.29. The number of hydrogen-bond donors (Lipinski definition) is 1. The predicted molar refractivity (Wildman–Crippen MR) is 89.7 cm³/mol. The quantitative estimate of drug-likeness (QED) is 0.910. The van der Waals surface area contributed by atoms with Crippen molar-refractivity contribution in [3.05, 3.63) is 53.9 Å². The average molecular weight is 325 g/mol. The van der Waals surface area contributed by atoms with Gasteiger partial charge in [0.05, 0.1) is 5.69 Å². The van der Waals surface area contributed by atoms with Gasteiger partial charge in [0.2, 0.25) is 5.91 Å². The summed E-state index contributed by atoms with van der Waals surface area (Å²) >= 11 is 0. The fourth-order valence-corrected chi connectivity index (χ4v) is 2.56. The molecule has 1 N–H and O–H groups in total. The minimum absolute atomic E-state index is 0.00863. The topological polar surface area (TPSA) is 71.5 Å². The van der Waals surface area contributed by atoms with Gasteiger partial charge in [-0.1, -0.05) is 6.07 Å². The van der Waals surface area contributed by atoms with Gasteiger partial charge >= 0.3 is 0 Å². The number of nitrogens with one attached hydrogen (secondary N) is 1. The molecule has 6 nitrogen and oxygen atoms in total. The normalized spacial score (nSPS) is 13.2. The monoisotopic (exact) mass is 325 g/mol. The first-order valence-corrected chi connectivity index (χ1v) is 7.83. The molecule has 2 amide bonds. The summed E-state index contributed by atoms with van der Waals surface area (Å²) in [5.41, 5.74) is 2.76. The van der Waals surface area contributed by atoms with Crippen molar-refractivity contribution in [2.24, 2.45) is 0 Å². The highest BCUT2D eigenvalue weighted by molar-refractivity contribution is 5.98. The first kappa shape index (κ1) is 16.0. The lowest BCUT2D eigenvalue weighted by atomic mass is 10.1. The Labute approximate surface area is 140 Å². The largest absolute Gasteiger partial charge is 0.482 e. The van der Waals surface area contributed by atoms with Crippen molar-refractivity contribution in [1.82, 2.24) is 10.3 Å². The first-order chi connectivity index (χ1) is 11.6. The second-order valence-electron chi connectivity index (χ2n) is 5.69. The summed E-state index contributed by atoms with van der Waals surface area (Å²) in [6, 6.07) is 9.40. The van der Waals surface area contributed by atoms with Crippen molar-refractivity contribution in [2.75, 3.05) is 18.1 Å². The van der Waals surface area contributed by atoms with E-state index in [1.165, 1.54) is 0 Å². The summed E-state index contributed by atoms with van der Waals surface area (Å²) in [5.74, 6) is 0.452. The van der Waals surface area contributed by atoms with E-state index in [4.69, 9.17) is 4.74 Å². The molecule has 0 fully saturated rings. The van der Waals surface area contributed by atoms with Gasteiger partial charge in [-0.25, -0.2) is 0 Å². The summed E-state index contributed by atoms with van der Waals surface area (Å²) in [7, 11) is 0. The van der Waals surface area contributed by atoms with E-state index in [9.17, 15) is 9.59 Å². The molecule has 1 aromatic carbocycles. The van der Waals surface area contributed by atoms with E-state index < -0.39 is 0 Å². The van der Waals surface area contributed by atoms with E-state index in [1.807, 2.05) is 37.3 Å². The molecular formula is C18H19N3O3. The number of benzene rings is 1. The number of ether oxygens (including phenoxy) is 1. The van der Waals surface area contributed by atoms with Crippen LogP contribution in [0.25, 0.3) is 0 Å². The summed E-state index contributed by atoms with van der Waals surface area (Å²) in [4.78, 5) is 29.7. The van der Waals surface area contributed by atoms with Crippen LogP contribution in [0.2, 0.25) is 0 Å². The zero-order valence-electron chi connectivity index (χ0n) is 13.5. The van der Waals surface area contributed by atoms with Crippen LogP contribution in [0.5, 0.6) is 5.75 Å². The van der Waals surface area contributed by atoms with E-state index in [-0.39, 0.29) is 24.8 Å². The van der Waals surface area contributed by atoms with Gasteiger partial charge in [0.1, 0.15) is 5.75 Å². The number of carbonyl (C=O) groups excluding carboxylic acids is 2. The molecule has 1 aliphatic rings. The maximum Gasteiger partial charge on any atom is 0.265 e. The molecule has 6 heteroatoms. The van der Waals surface area contributed by atoms with Crippen molar-refractivity contribution < 1.29 is 14.3 Å². The van der Waals surface area contributed by atoms with Gasteiger partial charge in [0.25, 0.3) is 5.91 Å².